The van der Waals surface area contributed by atoms with Gasteiger partial charge in [0.05, 0.1) is 6.61 Å². The molecule has 172 valence electrons. The van der Waals surface area contributed by atoms with Crippen molar-refractivity contribution in [2.75, 3.05) is 13.2 Å². The summed E-state index contributed by atoms with van der Waals surface area (Å²) in [5.41, 5.74) is 1.21. The van der Waals surface area contributed by atoms with E-state index in [1.165, 1.54) is 24.2 Å². The largest absolute Gasteiger partial charge is 0.493 e. The third kappa shape index (κ3) is 7.71. The van der Waals surface area contributed by atoms with Crippen LogP contribution in [-0.4, -0.2) is 30.0 Å². The van der Waals surface area contributed by atoms with E-state index in [2.05, 4.69) is 33.0 Å². The smallest absolute Gasteiger partial charge is 0.329 e. The molecule has 1 fully saturated rings. The molecule has 2 atom stereocenters. The summed E-state index contributed by atoms with van der Waals surface area (Å²) in [6.07, 6.45) is 10.8. The van der Waals surface area contributed by atoms with Crippen molar-refractivity contribution in [2.45, 2.75) is 79.1 Å². The van der Waals surface area contributed by atoms with Gasteiger partial charge in [-0.25, -0.2) is 4.79 Å². The first-order valence-corrected chi connectivity index (χ1v) is 12.1. The van der Waals surface area contributed by atoms with Crippen LogP contribution in [0.4, 0.5) is 4.79 Å². The Hall–Kier alpha value is -2.30. The molecule has 2 rings (SSSR count). The van der Waals surface area contributed by atoms with E-state index in [-0.39, 0.29) is 11.9 Å². The van der Waals surface area contributed by atoms with E-state index in [4.69, 9.17) is 4.74 Å². The Bertz CT molecular complexity index is 727. The van der Waals surface area contributed by atoms with Crippen LogP contribution in [0.5, 0.6) is 5.75 Å². The number of ether oxygens (including phenoxy) is 1. The summed E-state index contributed by atoms with van der Waals surface area (Å²) in [6.45, 7) is 9.92. The van der Waals surface area contributed by atoms with E-state index in [1.807, 2.05) is 24.3 Å². The zero-order valence-electron chi connectivity index (χ0n) is 19.8. The topological polar surface area (TPSA) is 58.6 Å². The molecular formula is C26H40N2O3. The van der Waals surface area contributed by atoms with Crippen LogP contribution in [-0.2, 0) is 4.79 Å². The Balaban J connectivity index is 1.95. The minimum atomic E-state index is -0.316. The molecule has 1 N–H and O–H groups in total. The molecule has 31 heavy (non-hydrogen) atoms. The predicted molar refractivity (Wildman–Crippen MR) is 127 cm³/mol. The molecule has 1 aliphatic rings. The van der Waals surface area contributed by atoms with Gasteiger partial charge in [-0.1, -0.05) is 78.4 Å². The lowest BCUT2D eigenvalue weighted by Gasteiger charge is -2.20. The van der Waals surface area contributed by atoms with Crippen molar-refractivity contribution in [3.63, 3.8) is 0 Å². The summed E-state index contributed by atoms with van der Waals surface area (Å²) in [7, 11) is 0. The molecule has 1 aliphatic heterocycles. The first-order valence-electron chi connectivity index (χ1n) is 12.1. The van der Waals surface area contributed by atoms with Crippen LogP contribution in [0.25, 0.3) is 6.08 Å². The van der Waals surface area contributed by atoms with Crippen molar-refractivity contribution < 1.29 is 14.3 Å². The quantitative estimate of drug-likeness (QED) is 0.276. The van der Waals surface area contributed by atoms with Crippen LogP contribution < -0.4 is 10.1 Å². The van der Waals surface area contributed by atoms with E-state index in [1.54, 1.807) is 6.08 Å². The summed E-state index contributed by atoms with van der Waals surface area (Å²) in [6, 6.07) is 7.39. The summed E-state index contributed by atoms with van der Waals surface area (Å²) >= 11 is 0. The minimum Gasteiger partial charge on any atom is -0.493 e. The highest BCUT2D eigenvalue weighted by molar-refractivity contribution is 6.13. The van der Waals surface area contributed by atoms with Gasteiger partial charge in [-0.15, -0.1) is 0 Å². The molecule has 5 nitrogen and oxygen atoms in total. The average molecular weight is 429 g/mol. The first-order chi connectivity index (χ1) is 15.0. The monoisotopic (exact) mass is 428 g/mol. The molecule has 1 heterocycles. The molecule has 1 saturated heterocycles. The predicted octanol–water partition coefficient (Wildman–Crippen LogP) is 6.39. The maximum absolute atomic E-state index is 12.8. The molecule has 0 saturated carbocycles. The Morgan fingerprint density at radius 1 is 0.935 bits per heavy atom. The summed E-state index contributed by atoms with van der Waals surface area (Å²) in [4.78, 5) is 26.5. The van der Waals surface area contributed by atoms with Crippen molar-refractivity contribution in [2.24, 2.45) is 11.8 Å². The Kier molecular flexibility index (Phi) is 10.6. The van der Waals surface area contributed by atoms with E-state index < -0.39 is 0 Å². The van der Waals surface area contributed by atoms with Gasteiger partial charge in [0.15, 0.2) is 0 Å². The van der Waals surface area contributed by atoms with Crippen LogP contribution in [0.15, 0.2) is 30.0 Å². The summed E-state index contributed by atoms with van der Waals surface area (Å²) in [5, 5.41) is 2.74. The van der Waals surface area contributed by atoms with Crippen molar-refractivity contribution in [1.29, 1.82) is 0 Å². The Labute approximate surface area is 188 Å². The number of rotatable bonds is 14. The number of unbranched alkanes of at least 4 members (excludes halogenated alkanes) is 2. The normalized spacial score (nSPS) is 17.2. The number of urea groups is 1. The molecular weight excluding hydrogens is 388 g/mol. The molecule has 1 aromatic carbocycles. The van der Waals surface area contributed by atoms with E-state index in [0.29, 0.717) is 24.1 Å². The molecule has 1 aromatic rings. The molecule has 0 radical (unpaired) electrons. The maximum atomic E-state index is 12.8. The van der Waals surface area contributed by atoms with Crippen LogP contribution in [0.1, 0.15) is 84.6 Å². The molecule has 0 spiro atoms. The fraction of sp³-hybridized carbons (Fsp3) is 0.615. The molecule has 2 unspecified atom stereocenters. The Morgan fingerprint density at radius 2 is 1.55 bits per heavy atom. The molecule has 0 aromatic heterocycles. The van der Waals surface area contributed by atoms with E-state index in [9.17, 15) is 9.59 Å². The lowest BCUT2D eigenvalue weighted by molar-refractivity contribution is -0.123. The fourth-order valence-electron chi connectivity index (χ4n) is 3.85. The van der Waals surface area contributed by atoms with Gasteiger partial charge >= 0.3 is 6.03 Å². The zero-order valence-corrected chi connectivity index (χ0v) is 19.8. The zero-order chi connectivity index (χ0) is 22.6. The van der Waals surface area contributed by atoms with Gasteiger partial charge < -0.3 is 10.1 Å². The number of hydrogen-bond donors (Lipinski definition) is 1. The highest BCUT2D eigenvalue weighted by atomic mass is 16.5. The number of imide groups is 1. The standard InChI is InChI=1S/C26H40N2O3/c1-5-9-11-20(7-3)18-28-25(29)24(27-26(28)30)17-22-13-15-23(16-14-22)31-19-21(8-4)12-10-6-2/h13-17,20-21H,5-12,18-19H2,1-4H3,(H,27,30). The number of nitrogens with one attached hydrogen (secondary N) is 1. The van der Waals surface area contributed by atoms with Crippen LogP contribution >= 0.6 is 0 Å². The number of hydrogen-bond acceptors (Lipinski definition) is 3. The SMILES string of the molecule is CCCCC(CC)COc1ccc(C=C2NC(=O)N(CC(CC)CCCC)C2=O)cc1. The minimum absolute atomic E-state index is 0.234. The van der Waals surface area contributed by atoms with Gasteiger partial charge in [0.1, 0.15) is 11.4 Å². The number of nitrogens with zero attached hydrogens (tertiary/aromatic N) is 1. The third-order valence-electron chi connectivity index (χ3n) is 6.17. The van der Waals surface area contributed by atoms with E-state index in [0.717, 1.165) is 50.0 Å². The second-order valence-corrected chi connectivity index (χ2v) is 8.62. The second kappa shape index (κ2) is 13.2. The van der Waals surface area contributed by atoms with Gasteiger partial charge in [0.2, 0.25) is 0 Å². The Morgan fingerprint density at radius 3 is 2.13 bits per heavy atom. The van der Waals surface area contributed by atoms with Gasteiger partial charge in [-0.3, -0.25) is 9.69 Å². The molecule has 0 aliphatic carbocycles. The number of carbonyl (C=O) groups is 2. The molecule has 5 heteroatoms. The van der Waals surface area contributed by atoms with Crippen LogP contribution in [0.2, 0.25) is 0 Å². The highest BCUT2D eigenvalue weighted by Gasteiger charge is 2.34. The van der Waals surface area contributed by atoms with Gasteiger partial charge in [0.25, 0.3) is 5.91 Å². The van der Waals surface area contributed by atoms with Gasteiger partial charge in [-0.05, 0) is 48.4 Å². The fourth-order valence-corrected chi connectivity index (χ4v) is 3.85. The van der Waals surface area contributed by atoms with E-state index >= 15 is 0 Å². The number of amides is 3. The second-order valence-electron chi connectivity index (χ2n) is 8.62. The summed E-state index contributed by atoms with van der Waals surface area (Å²) in [5.74, 6) is 1.54. The first kappa shape index (κ1) is 25.0. The number of carbonyl (C=O) groups excluding carboxylic acids is 2. The van der Waals surface area contributed by atoms with Crippen molar-refractivity contribution in [1.82, 2.24) is 10.2 Å². The van der Waals surface area contributed by atoms with Crippen LogP contribution in [0, 0.1) is 11.8 Å². The van der Waals surface area contributed by atoms with Crippen LogP contribution in [0.3, 0.4) is 0 Å². The van der Waals surface area contributed by atoms with Crippen molar-refractivity contribution in [3.05, 3.63) is 35.5 Å². The van der Waals surface area contributed by atoms with Crippen molar-refractivity contribution in [3.8, 4) is 5.75 Å². The highest BCUT2D eigenvalue weighted by Crippen LogP contribution is 2.22. The number of benzene rings is 1. The lowest BCUT2D eigenvalue weighted by Crippen LogP contribution is -2.35. The van der Waals surface area contributed by atoms with Crippen molar-refractivity contribution >= 4 is 18.0 Å². The summed E-state index contributed by atoms with van der Waals surface area (Å²) < 4.78 is 5.96. The third-order valence-corrected chi connectivity index (χ3v) is 6.17. The lowest BCUT2D eigenvalue weighted by atomic mass is 9.99. The molecule has 0 bridgehead atoms. The molecule has 3 amide bonds. The maximum Gasteiger partial charge on any atom is 0.329 e. The van der Waals surface area contributed by atoms with Gasteiger partial charge in [0, 0.05) is 6.54 Å². The van der Waals surface area contributed by atoms with Gasteiger partial charge in [-0.2, -0.15) is 0 Å². The average Bonchev–Trinajstić information content (AvgIpc) is 3.04.